The van der Waals surface area contributed by atoms with E-state index < -0.39 is 0 Å². The SMILES string of the molecule is CCCNC(=O)c1ccc2nc3c4cccnc4c4ncccc4c3nc2c1. The number of nitrogens with zero attached hydrogens (tertiary/aromatic N) is 4. The van der Waals surface area contributed by atoms with Crippen molar-refractivity contribution in [3.8, 4) is 0 Å². The van der Waals surface area contributed by atoms with Crippen LogP contribution in [0.25, 0.3) is 43.9 Å². The van der Waals surface area contributed by atoms with Gasteiger partial charge in [0.25, 0.3) is 5.91 Å². The highest BCUT2D eigenvalue weighted by molar-refractivity contribution is 6.21. The zero-order valence-corrected chi connectivity index (χ0v) is 15.3. The van der Waals surface area contributed by atoms with Gasteiger partial charge in [-0.05, 0) is 48.9 Å². The number of hydrogen-bond acceptors (Lipinski definition) is 5. The lowest BCUT2D eigenvalue weighted by Crippen LogP contribution is -2.23. The van der Waals surface area contributed by atoms with E-state index in [1.807, 2.05) is 37.3 Å². The van der Waals surface area contributed by atoms with Crippen LogP contribution in [0.2, 0.25) is 0 Å². The van der Waals surface area contributed by atoms with Gasteiger partial charge in [0.05, 0.1) is 33.1 Å². The first kappa shape index (κ1) is 16.5. The Balaban J connectivity index is 1.83. The molecule has 5 rings (SSSR count). The zero-order chi connectivity index (χ0) is 19.1. The fourth-order valence-electron chi connectivity index (χ4n) is 3.48. The molecule has 0 aliphatic heterocycles. The molecule has 0 unspecified atom stereocenters. The van der Waals surface area contributed by atoms with Gasteiger partial charge in [0.2, 0.25) is 0 Å². The van der Waals surface area contributed by atoms with Gasteiger partial charge in [-0.15, -0.1) is 0 Å². The number of benzene rings is 2. The molecule has 1 N–H and O–H groups in total. The summed E-state index contributed by atoms with van der Waals surface area (Å²) < 4.78 is 0. The topological polar surface area (TPSA) is 80.7 Å². The molecule has 0 aliphatic rings. The average molecular weight is 367 g/mol. The van der Waals surface area contributed by atoms with E-state index in [2.05, 4.69) is 15.3 Å². The van der Waals surface area contributed by atoms with Crippen molar-refractivity contribution >= 4 is 49.8 Å². The Kier molecular flexibility index (Phi) is 3.83. The fourth-order valence-corrected chi connectivity index (χ4v) is 3.48. The van der Waals surface area contributed by atoms with Gasteiger partial charge in [-0.1, -0.05) is 6.92 Å². The van der Waals surface area contributed by atoms with E-state index in [1.165, 1.54) is 0 Å². The minimum absolute atomic E-state index is 0.0973. The second kappa shape index (κ2) is 6.49. The average Bonchev–Trinajstić information content (AvgIpc) is 2.76. The van der Waals surface area contributed by atoms with Crippen LogP contribution >= 0.6 is 0 Å². The summed E-state index contributed by atoms with van der Waals surface area (Å²) in [6.07, 6.45) is 4.41. The Morgan fingerprint density at radius 3 is 2.14 bits per heavy atom. The molecule has 136 valence electrons. The van der Waals surface area contributed by atoms with Crippen LogP contribution in [0.4, 0.5) is 0 Å². The lowest BCUT2D eigenvalue weighted by atomic mass is 10.1. The Hall–Kier alpha value is -3.67. The highest BCUT2D eigenvalue weighted by Gasteiger charge is 2.14. The van der Waals surface area contributed by atoms with Crippen molar-refractivity contribution in [1.29, 1.82) is 0 Å². The molecular weight excluding hydrogens is 350 g/mol. The minimum atomic E-state index is -0.0973. The zero-order valence-electron chi connectivity index (χ0n) is 15.3. The highest BCUT2D eigenvalue weighted by atomic mass is 16.1. The maximum Gasteiger partial charge on any atom is 0.251 e. The summed E-state index contributed by atoms with van der Waals surface area (Å²) in [6.45, 7) is 2.67. The normalized spacial score (nSPS) is 11.5. The second-order valence-corrected chi connectivity index (χ2v) is 6.68. The van der Waals surface area contributed by atoms with E-state index in [-0.39, 0.29) is 5.91 Å². The molecule has 0 saturated carbocycles. The summed E-state index contributed by atoms with van der Waals surface area (Å²) in [6, 6.07) is 13.2. The number of pyridine rings is 2. The molecule has 0 saturated heterocycles. The summed E-state index contributed by atoms with van der Waals surface area (Å²) >= 11 is 0. The first-order valence-corrected chi connectivity index (χ1v) is 9.27. The quantitative estimate of drug-likeness (QED) is 0.385. The Bertz CT molecular complexity index is 1380. The van der Waals surface area contributed by atoms with Gasteiger partial charge >= 0.3 is 0 Å². The molecule has 0 spiro atoms. The maximum atomic E-state index is 12.3. The number of nitrogens with one attached hydrogen (secondary N) is 1. The third-order valence-electron chi connectivity index (χ3n) is 4.81. The molecule has 1 amide bonds. The Morgan fingerprint density at radius 1 is 0.857 bits per heavy atom. The first-order chi connectivity index (χ1) is 13.8. The van der Waals surface area contributed by atoms with Crippen LogP contribution in [0.15, 0.2) is 54.9 Å². The number of carbonyl (C=O) groups excluding carboxylic acids is 1. The Labute approximate surface area is 160 Å². The molecule has 0 aliphatic carbocycles. The number of fused-ring (bicyclic) bond motifs is 7. The number of rotatable bonds is 3. The molecule has 3 aromatic heterocycles. The van der Waals surface area contributed by atoms with Crippen LogP contribution < -0.4 is 5.32 Å². The molecular formula is C22H17N5O. The number of carbonyl (C=O) groups is 1. The standard InChI is InChI=1S/C22H17N5O/c1-2-9-25-22(28)13-7-8-16-17(12-13)27-21-15-6-4-11-24-19(15)18-14(20(21)26-16)5-3-10-23-18/h3-8,10-12H,2,9H2,1H3,(H,25,28). The van der Waals surface area contributed by atoms with E-state index in [0.717, 1.165) is 44.8 Å². The lowest BCUT2D eigenvalue weighted by Gasteiger charge is -2.09. The maximum absolute atomic E-state index is 12.3. The van der Waals surface area contributed by atoms with Gasteiger partial charge in [0.1, 0.15) is 0 Å². The van der Waals surface area contributed by atoms with Crippen LogP contribution in [0.5, 0.6) is 0 Å². The predicted molar refractivity (Wildman–Crippen MR) is 110 cm³/mol. The minimum Gasteiger partial charge on any atom is -0.352 e. The van der Waals surface area contributed by atoms with E-state index in [1.54, 1.807) is 24.5 Å². The summed E-state index contributed by atoms with van der Waals surface area (Å²) in [5.74, 6) is -0.0973. The van der Waals surface area contributed by atoms with E-state index in [4.69, 9.17) is 9.97 Å². The van der Waals surface area contributed by atoms with Crippen molar-refractivity contribution in [2.24, 2.45) is 0 Å². The van der Waals surface area contributed by atoms with Gasteiger partial charge in [-0.3, -0.25) is 14.8 Å². The molecule has 3 heterocycles. The lowest BCUT2D eigenvalue weighted by molar-refractivity contribution is 0.0954. The van der Waals surface area contributed by atoms with Crippen LogP contribution in [0.3, 0.4) is 0 Å². The van der Waals surface area contributed by atoms with E-state index >= 15 is 0 Å². The molecule has 6 nitrogen and oxygen atoms in total. The van der Waals surface area contributed by atoms with Crippen molar-refractivity contribution in [3.05, 3.63) is 60.4 Å². The second-order valence-electron chi connectivity index (χ2n) is 6.68. The molecule has 5 aromatic rings. The molecule has 2 aromatic carbocycles. The van der Waals surface area contributed by atoms with Gasteiger partial charge < -0.3 is 5.32 Å². The first-order valence-electron chi connectivity index (χ1n) is 9.27. The van der Waals surface area contributed by atoms with Crippen LogP contribution in [-0.4, -0.2) is 32.4 Å². The monoisotopic (exact) mass is 367 g/mol. The van der Waals surface area contributed by atoms with E-state index in [0.29, 0.717) is 17.6 Å². The van der Waals surface area contributed by atoms with Crippen LogP contribution in [0, 0.1) is 0 Å². The highest BCUT2D eigenvalue weighted by Crippen LogP contribution is 2.31. The van der Waals surface area contributed by atoms with Crippen LogP contribution in [0.1, 0.15) is 23.7 Å². The molecule has 0 radical (unpaired) electrons. The van der Waals surface area contributed by atoms with Gasteiger partial charge in [-0.25, -0.2) is 9.97 Å². The number of aromatic nitrogens is 4. The van der Waals surface area contributed by atoms with Crippen molar-refractivity contribution in [2.45, 2.75) is 13.3 Å². The third-order valence-corrected chi connectivity index (χ3v) is 4.81. The van der Waals surface area contributed by atoms with Crippen molar-refractivity contribution < 1.29 is 4.79 Å². The third kappa shape index (κ3) is 2.53. The summed E-state index contributed by atoms with van der Waals surface area (Å²) in [7, 11) is 0. The smallest absolute Gasteiger partial charge is 0.251 e. The molecule has 6 heteroatoms. The molecule has 0 bridgehead atoms. The molecule has 28 heavy (non-hydrogen) atoms. The molecule has 0 atom stereocenters. The summed E-state index contributed by atoms with van der Waals surface area (Å²) in [4.78, 5) is 31.1. The largest absolute Gasteiger partial charge is 0.352 e. The van der Waals surface area contributed by atoms with Crippen LogP contribution in [-0.2, 0) is 0 Å². The van der Waals surface area contributed by atoms with Gasteiger partial charge in [-0.2, -0.15) is 0 Å². The predicted octanol–water partition coefficient (Wildman–Crippen LogP) is 4.02. The van der Waals surface area contributed by atoms with Gasteiger partial charge in [0, 0.05) is 35.3 Å². The van der Waals surface area contributed by atoms with Gasteiger partial charge in [0.15, 0.2) is 0 Å². The Morgan fingerprint density at radius 2 is 1.50 bits per heavy atom. The van der Waals surface area contributed by atoms with Crippen molar-refractivity contribution in [3.63, 3.8) is 0 Å². The number of hydrogen-bond donors (Lipinski definition) is 1. The fraction of sp³-hybridized carbons (Fsp3) is 0.136. The van der Waals surface area contributed by atoms with E-state index in [9.17, 15) is 4.79 Å². The number of amides is 1. The summed E-state index contributed by atoms with van der Waals surface area (Å²) in [5.41, 5.74) is 5.19. The molecule has 0 fully saturated rings. The summed E-state index contributed by atoms with van der Waals surface area (Å²) in [5, 5.41) is 4.72. The van der Waals surface area contributed by atoms with Crippen molar-refractivity contribution in [2.75, 3.05) is 6.54 Å². The van der Waals surface area contributed by atoms with Crippen molar-refractivity contribution in [1.82, 2.24) is 25.3 Å².